The second kappa shape index (κ2) is 4.19. The summed E-state index contributed by atoms with van der Waals surface area (Å²) in [5, 5.41) is 0.821. The predicted octanol–water partition coefficient (Wildman–Crippen LogP) is 2.59. The summed E-state index contributed by atoms with van der Waals surface area (Å²) in [6.45, 7) is 5.23. The lowest BCUT2D eigenvalue weighted by Gasteiger charge is -2.33. The number of carbonyl (C=O) groups is 1. The Morgan fingerprint density at radius 2 is 1.93 bits per heavy atom. The predicted molar refractivity (Wildman–Crippen MR) is 64.1 cm³/mol. The van der Waals surface area contributed by atoms with E-state index in [1.54, 1.807) is 4.90 Å². The zero-order valence-corrected chi connectivity index (χ0v) is 9.96. The summed E-state index contributed by atoms with van der Waals surface area (Å²) in [5.41, 5.74) is 3.06. The first-order chi connectivity index (χ1) is 7.20. The number of benzene rings is 1. The number of nitrogens with zero attached hydrogens (tertiary/aromatic N) is 1. The lowest BCUT2D eigenvalue weighted by atomic mass is 10.1. The van der Waals surface area contributed by atoms with E-state index in [1.807, 2.05) is 24.3 Å². The number of hydrogen-bond acceptors (Lipinski definition) is 1. The maximum atomic E-state index is 11.8. The SMILES string of the molecule is C=C1CN(C(=O)c2ccc(CBr)cc2)C1. The van der Waals surface area contributed by atoms with Gasteiger partial charge in [0.15, 0.2) is 0 Å². The van der Waals surface area contributed by atoms with E-state index in [4.69, 9.17) is 0 Å². The summed E-state index contributed by atoms with van der Waals surface area (Å²) in [5.74, 6) is 0.100. The van der Waals surface area contributed by atoms with Gasteiger partial charge in [0.25, 0.3) is 5.91 Å². The van der Waals surface area contributed by atoms with Crippen molar-refractivity contribution in [1.82, 2.24) is 4.90 Å². The molecule has 0 spiro atoms. The molecule has 0 aliphatic carbocycles. The highest BCUT2D eigenvalue weighted by Crippen LogP contribution is 2.17. The van der Waals surface area contributed by atoms with Gasteiger partial charge in [-0.25, -0.2) is 0 Å². The summed E-state index contributed by atoms with van der Waals surface area (Å²) in [4.78, 5) is 13.6. The molecule has 0 aromatic heterocycles. The number of carbonyl (C=O) groups excluding carboxylic acids is 1. The molecule has 0 radical (unpaired) electrons. The molecule has 0 bridgehead atoms. The first-order valence-corrected chi connectivity index (χ1v) is 5.93. The Bertz CT molecular complexity index is 389. The Balaban J connectivity index is 2.09. The van der Waals surface area contributed by atoms with Crippen molar-refractivity contribution < 1.29 is 4.79 Å². The third-order valence-electron chi connectivity index (χ3n) is 2.47. The van der Waals surface area contributed by atoms with Gasteiger partial charge in [-0.1, -0.05) is 34.6 Å². The van der Waals surface area contributed by atoms with Gasteiger partial charge >= 0.3 is 0 Å². The van der Waals surface area contributed by atoms with Crippen LogP contribution in [-0.2, 0) is 5.33 Å². The fraction of sp³-hybridized carbons (Fsp3) is 0.250. The maximum absolute atomic E-state index is 11.8. The van der Waals surface area contributed by atoms with Crippen molar-refractivity contribution in [2.45, 2.75) is 5.33 Å². The molecule has 0 unspecified atom stereocenters. The Morgan fingerprint density at radius 3 is 2.40 bits per heavy atom. The normalized spacial score (nSPS) is 15.0. The summed E-state index contributed by atoms with van der Waals surface area (Å²) in [7, 11) is 0. The molecular formula is C12H12BrNO. The van der Waals surface area contributed by atoms with Crippen molar-refractivity contribution in [3.63, 3.8) is 0 Å². The van der Waals surface area contributed by atoms with Crippen LogP contribution in [0.1, 0.15) is 15.9 Å². The van der Waals surface area contributed by atoms with Crippen LogP contribution >= 0.6 is 15.9 Å². The standard InChI is InChI=1S/C12H12BrNO/c1-9-7-14(8-9)12(15)11-4-2-10(6-13)3-5-11/h2-5H,1,6-8H2. The van der Waals surface area contributed by atoms with Gasteiger partial charge < -0.3 is 4.90 Å². The highest BCUT2D eigenvalue weighted by molar-refractivity contribution is 9.08. The minimum Gasteiger partial charge on any atom is -0.331 e. The molecule has 1 aromatic rings. The van der Waals surface area contributed by atoms with Crippen molar-refractivity contribution in [3.8, 4) is 0 Å². The van der Waals surface area contributed by atoms with Gasteiger partial charge in [0, 0.05) is 24.0 Å². The third-order valence-corrected chi connectivity index (χ3v) is 3.12. The molecule has 0 N–H and O–H groups in total. The summed E-state index contributed by atoms with van der Waals surface area (Å²) in [6, 6.07) is 7.69. The molecule has 1 fully saturated rings. The van der Waals surface area contributed by atoms with Gasteiger partial charge in [-0.2, -0.15) is 0 Å². The topological polar surface area (TPSA) is 20.3 Å². The molecule has 1 amide bonds. The van der Waals surface area contributed by atoms with Gasteiger partial charge in [-0.15, -0.1) is 0 Å². The minimum atomic E-state index is 0.100. The van der Waals surface area contributed by atoms with Crippen molar-refractivity contribution in [2.75, 3.05) is 13.1 Å². The van der Waals surface area contributed by atoms with Crippen LogP contribution in [0.4, 0.5) is 0 Å². The third kappa shape index (κ3) is 2.12. The van der Waals surface area contributed by atoms with E-state index >= 15 is 0 Å². The molecule has 15 heavy (non-hydrogen) atoms. The summed E-state index contributed by atoms with van der Waals surface area (Å²) in [6.07, 6.45) is 0. The van der Waals surface area contributed by atoms with E-state index in [0.29, 0.717) is 13.1 Å². The molecule has 1 saturated heterocycles. The van der Waals surface area contributed by atoms with E-state index in [0.717, 1.165) is 16.5 Å². The molecule has 1 heterocycles. The Hall–Kier alpha value is -1.09. The van der Waals surface area contributed by atoms with Crippen LogP contribution < -0.4 is 0 Å². The molecule has 2 nitrogen and oxygen atoms in total. The molecule has 0 atom stereocenters. The van der Waals surface area contributed by atoms with E-state index in [-0.39, 0.29) is 5.91 Å². The van der Waals surface area contributed by atoms with Crippen molar-refractivity contribution >= 4 is 21.8 Å². The van der Waals surface area contributed by atoms with Crippen LogP contribution in [0.3, 0.4) is 0 Å². The number of alkyl halides is 1. The maximum Gasteiger partial charge on any atom is 0.254 e. The first-order valence-electron chi connectivity index (χ1n) is 4.81. The van der Waals surface area contributed by atoms with Gasteiger partial charge in [-0.3, -0.25) is 4.79 Å². The van der Waals surface area contributed by atoms with Gasteiger partial charge in [-0.05, 0) is 23.3 Å². The lowest BCUT2D eigenvalue weighted by Crippen LogP contribution is -2.43. The number of amides is 1. The van der Waals surface area contributed by atoms with Crippen LogP contribution in [-0.4, -0.2) is 23.9 Å². The fourth-order valence-electron chi connectivity index (χ4n) is 1.56. The minimum absolute atomic E-state index is 0.100. The highest BCUT2D eigenvalue weighted by atomic mass is 79.9. The summed E-state index contributed by atoms with van der Waals surface area (Å²) < 4.78 is 0. The highest BCUT2D eigenvalue weighted by Gasteiger charge is 2.24. The van der Waals surface area contributed by atoms with Crippen LogP contribution in [0, 0.1) is 0 Å². The van der Waals surface area contributed by atoms with Crippen LogP contribution in [0.25, 0.3) is 0 Å². The van der Waals surface area contributed by atoms with E-state index in [2.05, 4.69) is 22.5 Å². The molecule has 1 aliphatic heterocycles. The van der Waals surface area contributed by atoms with Crippen LogP contribution in [0.2, 0.25) is 0 Å². The van der Waals surface area contributed by atoms with Gasteiger partial charge in [0.2, 0.25) is 0 Å². The molecule has 1 aliphatic rings. The Kier molecular flexibility index (Phi) is 2.91. The van der Waals surface area contributed by atoms with E-state index < -0.39 is 0 Å². The number of rotatable bonds is 2. The second-order valence-corrected chi connectivity index (χ2v) is 4.30. The Labute approximate surface area is 97.7 Å². The molecule has 78 valence electrons. The molecule has 3 heteroatoms. The number of hydrogen-bond donors (Lipinski definition) is 0. The second-order valence-electron chi connectivity index (χ2n) is 3.74. The monoisotopic (exact) mass is 265 g/mol. The molecule has 2 rings (SSSR count). The lowest BCUT2D eigenvalue weighted by molar-refractivity contribution is 0.0728. The van der Waals surface area contributed by atoms with E-state index in [1.165, 1.54) is 5.56 Å². The van der Waals surface area contributed by atoms with Crippen molar-refractivity contribution in [1.29, 1.82) is 0 Å². The first kappa shape index (κ1) is 10.4. The molecule has 0 saturated carbocycles. The number of likely N-dealkylation sites (tertiary alicyclic amines) is 1. The molecule has 1 aromatic carbocycles. The van der Waals surface area contributed by atoms with Crippen molar-refractivity contribution in [2.24, 2.45) is 0 Å². The fourth-order valence-corrected chi connectivity index (χ4v) is 1.93. The smallest absolute Gasteiger partial charge is 0.254 e. The van der Waals surface area contributed by atoms with Gasteiger partial charge in [0.1, 0.15) is 0 Å². The average molecular weight is 266 g/mol. The van der Waals surface area contributed by atoms with E-state index in [9.17, 15) is 4.79 Å². The Morgan fingerprint density at radius 1 is 1.33 bits per heavy atom. The zero-order chi connectivity index (χ0) is 10.8. The van der Waals surface area contributed by atoms with Crippen LogP contribution in [0.15, 0.2) is 36.4 Å². The van der Waals surface area contributed by atoms with Gasteiger partial charge in [0.05, 0.1) is 0 Å². The van der Waals surface area contributed by atoms with Crippen molar-refractivity contribution in [3.05, 3.63) is 47.5 Å². The largest absolute Gasteiger partial charge is 0.331 e. The number of halogens is 1. The quantitative estimate of drug-likeness (QED) is 0.595. The zero-order valence-electron chi connectivity index (χ0n) is 8.37. The summed E-state index contributed by atoms with van der Waals surface area (Å²) >= 11 is 3.37. The van der Waals surface area contributed by atoms with Crippen LogP contribution in [0.5, 0.6) is 0 Å². The molecular weight excluding hydrogens is 254 g/mol. The average Bonchev–Trinajstić information content (AvgIpc) is 2.24.